The number of aliphatic hydroxyl groups is 5. The summed E-state index contributed by atoms with van der Waals surface area (Å²) in [5.74, 6) is -4.98. The van der Waals surface area contributed by atoms with Gasteiger partial charge in [0.2, 0.25) is 0 Å². The Morgan fingerprint density at radius 2 is 1.49 bits per heavy atom. The average Bonchev–Trinajstić information content (AvgIpc) is 3.05. The van der Waals surface area contributed by atoms with Crippen molar-refractivity contribution in [2.24, 2.45) is 23.7 Å². The van der Waals surface area contributed by atoms with E-state index in [1.807, 2.05) is 25.9 Å². The van der Waals surface area contributed by atoms with Gasteiger partial charge in [0.25, 0.3) is 0 Å². The molecule has 3 aliphatic rings. The number of carbonyl (C=O) groups is 2. The van der Waals surface area contributed by atoms with Gasteiger partial charge in [-0.25, -0.2) is 0 Å². The van der Waals surface area contributed by atoms with E-state index in [1.54, 1.807) is 41.5 Å². The number of hydrogen-bond acceptors (Lipinski definition) is 14. The lowest BCUT2D eigenvalue weighted by Crippen LogP contribution is -2.61. The molecule has 3 aliphatic heterocycles. The zero-order valence-corrected chi connectivity index (χ0v) is 32.9. The number of ketones is 1. The first-order valence-electron chi connectivity index (χ1n) is 18.5. The first kappa shape index (κ1) is 44.1. The second-order valence-corrected chi connectivity index (χ2v) is 16.5. The number of cyclic esters (lactones) is 1. The molecule has 14 nitrogen and oxygen atoms in total. The standard InChI is InChI=1S/C37H67NO13/c1-14-25-37(10,45)30(41)20(4)27(39)18(2)16-35(8,44)32(51-34-28(40)24(38(11)12)15-19(3)47-34)21(5)29(22(6)33(43)49-25)50-26-17-36(9,46-13)31(42)23(7)48-26/h18-26,28-32,34,40-42,44-45H,14-17H2,1-13H3/t18-,19-,20+,21+,22-,23+,24+,25-,26-,28-,29+,30-,31+,32-,34+,35-,36-,37-/m1/s1. The van der Waals surface area contributed by atoms with Crippen molar-refractivity contribution in [3.63, 3.8) is 0 Å². The summed E-state index contributed by atoms with van der Waals surface area (Å²) in [6, 6.07) is -0.324. The van der Waals surface area contributed by atoms with Crippen molar-refractivity contribution < 1.29 is 63.5 Å². The summed E-state index contributed by atoms with van der Waals surface area (Å²) in [7, 11) is 5.18. The fraction of sp³-hybridized carbons (Fsp3) is 0.946. The number of nitrogens with zero attached hydrogens (tertiary/aromatic N) is 1. The Hall–Kier alpha value is -1.30. The summed E-state index contributed by atoms with van der Waals surface area (Å²) in [6.45, 7) is 16.3. The number of likely N-dealkylation sites (N-methyl/N-ethyl adjacent to an activating group) is 1. The molecule has 0 radical (unpaired) electrons. The second-order valence-electron chi connectivity index (χ2n) is 16.5. The molecule has 14 heteroatoms. The lowest BCUT2D eigenvalue weighted by Gasteiger charge is -2.49. The Kier molecular flexibility index (Phi) is 14.7. The molecular weight excluding hydrogens is 666 g/mol. The van der Waals surface area contributed by atoms with Crippen molar-refractivity contribution in [1.82, 2.24) is 4.90 Å². The van der Waals surface area contributed by atoms with Crippen LogP contribution in [0.25, 0.3) is 0 Å². The topological polar surface area (TPSA) is 194 Å². The lowest BCUT2D eigenvalue weighted by atomic mass is 9.74. The number of ether oxygens (including phenoxy) is 6. The highest BCUT2D eigenvalue weighted by Gasteiger charge is 2.53. The highest BCUT2D eigenvalue weighted by atomic mass is 16.7. The van der Waals surface area contributed by atoms with Crippen LogP contribution in [0.4, 0.5) is 0 Å². The van der Waals surface area contributed by atoms with E-state index in [0.717, 1.165) is 0 Å². The number of Topliss-reactive ketones (excluding diaryl/α,β-unsaturated/α-hetero) is 1. The normalized spacial score (nSPS) is 49.7. The Morgan fingerprint density at radius 3 is 2.04 bits per heavy atom. The number of esters is 1. The Bertz CT molecular complexity index is 1170. The van der Waals surface area contributed by atoms with Crippen LogP contribution in [-0.2, 0) is 38.0 Å². The highest BCUT2D eigenvalue weighted by molar-refractivity contribution is 5.83. The van der Waals surface area contributed by atoms with Crippen molar-refractivity contribution in [3.05, 3.63) is 0 Å². The van der Waals surface area contributed by atoms with E-state index in [2.05, 4.69) is 0 Å². The molecule has 298 valence electrons. The van der Waals surface area contributed by atoms with Gasteiger partial charge >= 0.3 is 5.97 Å². The Balaban J connectivity index is 2.18. The molecule has 18 atom stereocenters. The van der Waals surface area contributed by atoms with Gasteiger partial charge in [-0.3, -0.25) is 9.59 Å². The zero-order valence-electron chi connectivity index (χ0n) is 32.9. The van der Waals surface area contributed by atoms with Gasteiger partial charge in [-0.1, -0.05) is 27.7 Å². The zero-order chi connectivity index (χ0) is 39.0. The van der Waals surface area contributed by atoms with E-state index in [0.29, 0.717) is 6.42 Å². The van der Waals surface area contributed by atoms with Crippen LogP contribution < -0.4 is 0 Å². The summed E-state index contributed by atoms with van der Waals surface area (Å²) >= 11 is 0. The number of hydrogen-bond donors (Lipinski definition) is 5. The molecule has 3 heterocycles. The number of methoxy groups -OCH3 is 1. The Morgan fingerprint density at radius 1 is 0.882 bits per heavy atom. The van der Waals surface area contributed by atoms with E-state index >= 15 is 0 Å². The van der Waals surface area contributed by atoms with Gasteiger partial charge in [-0.15, -0.1) is 0 Å². The fourth-order valence-corrected chi connectivity index (χ4v) is 8.41. The molecule has 0 aromatic rings. The molecule has 0 bridgehead atoms. The molecule has 3 rings (SSSR count). The maximum absolute atomic E-state index is 14.1. The van der Waals surface area contributed by atoms with Crippen LogP contribution in [0.15, 0.2) is 0 Å². The summed E-state index contributed by atoms with van der Waals surface area (Å²) in [5, 5.41) is 57.6. The van der Waals surface area contributed by atoms with Crippen molar-refractivity contribution in [2.75, 3.05) is 21.2 Å². The maximum Gasteiger partial charge on any atom is 0.311 e. The van der Waals surface area contributed by atoms with Crippen molar-refractivity contribution in [2.45, 2.75) is 179 Å². The quantitative estimate of drug-likeness (QED) is 0.238. The van der Waals surface area contributed by atoms with E-state index in [4.69, 9.17) is 28.4 Å². The first-order chi connectivity index (χ1) is 23.4. The lowest BCUT2D eigenvalue weighted by molar-refractivity contribution is -0.318. The minimum absolute atomic E-state index is 0.0936. The second kappa shape index (κ2) is 17.0. The predicted molar refractivity (Wildman–Crippen MR) is 186 cm³/mol. The third-order valence-electron chi connectivity index (χ3n) is 11.8. The number of carbonyl (C=O) groups excluding carboxylic acids is 2. The molecule has 3 fully saturated rings. The smallest absolute Gasteiger partial charge is 0.311 e. The van der Waals surface area contributed by atoms with Gasteiger partial charge in [0.15, 0.2) is 12.6 Å². The predicted octanol–water partition coefficient (Wildman–Crippen LogP) is 1.79. The molecule has 51 heavy (non-hydrogen) atoms. The van der Waals surface area contributed by atoms with Crippen molar-refractivity contribution in [3.8, 4) is 0 Å². The third-order valence-corrected chi connectivity index (χ3v) is 11.8. The van der Waals surface area contributed by atoms with Crippen molar-refractivity contribution >= 4 is 11.8 Å². The van der Waals surface area contributed by atoms with Crippen molar-refractivity contribution in [1.29, 1.82) is 0 Å². The van der Waals surface area contributed by atoms with Gasteiger partial charge in [0, 0.05) is 37.3 Å². The van der Waals surface area contributed by atoms with E-state index in [1.165, 1.54) is 27.9 Å². The molecule has 0 spiro atoms. The third kappa shape index (κ3) is 9.51. The van der Waals surface area contributed by atoms with E-state index in [9.17, 15) is 35.1 Å². The van der Waals surface area contributed by atoms with Gasteiger partial charge in [-0.2, -0.15) is 0 Å². The monoisotopic (exact) mass is 733 g/mol. The number of aliphatic hydroxyl groups excluding tert-OH is 3. The molecule has 0 saturated carbocycles. The summed E-state index contributed by atoms with van der Waals surface area (Å²) < 4.78 is 37.1. The number of rotatable bonds is 7. The average molecular weight is 734 g/mol. The Labute approximate surface area is 304 Å². The molecule has 0 unspecified atom stereocenters. The maximum atomic E-state index is 14.1. The largest absolute Gasteiger partial charge is 0.459 e. The molecule has 3 saturated heterocycles. The summed E-state index contributed by atoms with van der Waals surface area (Å²) in [5.41, 5.74) is -4.84. The van der Waals surface area contributed by atoms with Gasteiger partial charge in [0.1, 0.15) is 29.7 Å². The molecule has 0 aromatic carbocycles. The SMILES string of the molecule is CC[C@H]1OC(=O)[C@H](C)[C@@H](O[C@@H]2C[C@@](C)(OC)[C@@H](O)[C@H](C)O2)[C@H](C)[C@@H](O[C@@H]2O[C@H](C)C[C@H](N(C)C)[C@H]2O)[C@](C)(O)C[C@@H](C)C(=O)[C@H](C)[C@@H](O)[C@]1(C)O. The molecule has 0 amide bonds. The molecule has 5 N–H and O–H groups in total. The van der Waals surface area contributed by atoms with Crippen LogP contribution in [0.2, 0.25) is 0 Å². The fourth-order valence-electron chi connectivity index (χ4n) is 8.41. The summed E-state index contributed by atoms with van der Waals surface area (Å²) in [6.07, 6.45) is -9.71. The molecular formula is C37H67NO13. The van der Waals surface area contributed by atoms with Gasteiger partial charge in [-0.05, 0) is 74.9 Å². The highest BCUT2D eigenvalue weighted by Crippen LogP contribution is 2.40. The van der Waals surface area contributed by atoms with Crippen LogP contribution >= 0.6 is 0 Å². The van der Waals surface area contributed by atoms with Gasteiger partial charge < -0.3 is 58.9 Å². The van der Waals surface area contributed by atoms with Crippen LogP contribution in [-0.4, -0.2) is 148 Å². The van der Waals surface area contributed by atoms with Crippen LogP contribution in [0, 0.1) is 23.7 Å². The van der Waals surface area contributed by atoms with E-state index in [-0.39, 0.29) is 31.4 Å². The molecule has 0 aromatic heterocycles. The first-order valence-corrected chi connectivity index (χ1v) is 18.5. The van der Waals surface area contributed by atoms with Crippen LogP contribution in [0.3, 0.4) is 0 Å². The minimum Gasteiger partial charge on any atom is -0.459 e. The van der Waals surface area contributed by atoms with Crippen LogP contribution in [0.1, 0.15) is 94.9 Å². The minimum atomic E-state index is -1.99. The molecule has 0 aliphatic carbocycles. The van der Waals surface area contributed by atoms with Crippen LogP contribution in [0.5, 0.6) is 0 Å². The summed E-state index contributed by atoms with van der Waals surface area (Å²) in [4.78, 5) is 29.8. The van der Waals surface area contributed by atoms with E-state index < -0.39 is 108 Å². The van der Waals surface area contributed by atoms with Gasteiger partial charge in [0.05, 0.1) is 47.6 Å².